The number of aliphatic hydroxyl groups excluding tert-OH is 3. The van der Waals surface area contributed by atoms with E-state index < -0.39 is 94.0 Å². The second kappa shape index (κ2) is 29.8. The van der Waals surface area contributed by atoms with E-state index in [9.17, 15) is 63.8 Å². The van der Waals surface area contributed by atoms with Crippen LogP contribution in [-0.4, -0.2) is 139 Å². The van der Waals surface area contributed by atoms with Gasteiger partial charge in [-0.3, -0.25) is 44.4 Å². The van der Waals surface area contributed by atoms with Crippen LogP contribution in [0.15, 0.2) is 60.4 Å². The molecule has 4 aliphatic carbocycles. The minimum atomic E-state index is -1.58. The molecule has 10 atom stereocenters. The quantitative estimate of drug-likeness (QED) is 0.0274. The molecule has 10 N–H and O–H groups in total. The van der Waals surface area contributed by atoms with Crippen LogP contribution in [0.3, 0.4) is 0 Å². The molecule has 7 rings (SSSR count). The van der Waals surface area contributed by atoms with Crippen molar-refractivity contribution in [1.82, 2.24) is 26.3 Å². The topological polar surface area (TPSA) is 375 Å². The van der Waals surface area contributed by atoms with Gasteiger partial charge in [-0.15, -0.1) is 0 Å². The van der Waals surface area contributed by atoms with E-state index in [-0.39, 0.29) is 60.7 Å². The molecule has 0 radical (unpaired) electrons. The zero-order chi connectivity index (χ0) is 56.5. The number of halogens is 2. The normalized spacial score (nSPS) is 26.3. The fraction of sp³-hybridized carbons (Fsp3) is 0.580. The molecule has 1 aromatic heterocycles. The van der Waals surface area contributed by atoms with E-state index >= 15 is 0 Å². The van der Waals surface area contributed by atoms with Gasteiger partial charge >= 0.3 is 24.0 Å². The molecular weight excluding hydrogens is 1070 g/mol. The van der Waals surface area contributed by atoms with Crippen LogP contribution < -0.4 is 27.0 Å². The molecule has 2 unspecified atom stereocenters. The number of carbonyl (C=O) groups excluding carboxylic acids is 8. The van der Waals surface area contributed by atoms with E-state index in [0.717, 1.165) is 50.7 Å². The highest BCUT2D eigenvalue weighted by molar-refractivity contribution is 7.59. The number of Topliss-reactive ketones (excluding diaryl/α,β-unsaturated/α-hetero) is 1. The lowest BCUT2D eigenvalue weighted by atomic mass is 9.45. The summed E-state index contributed by atoms with van der Waals surface area (Å²) < 4.78 is 15.2. The van der Waals surface area contributed by atoms with E-state index in [4.69, 9.17) is 48.3 Å². The van der Waals surface area contributed by atoms with Crippen LogP contribution in [0.2, 0.25) is 0 Å². The highest BCUT2D eigenvalue weighted by Gasteiger charge is 2.68. The standard InChI is InChI=1S/C23H32O6.C12H17NO3.C11H12Cl2N2O5.C4H6N4O3.H2S/c1-13(24)29-12-19(27)23(28)9-7-17-16-5-4-14-10-15(25)6-8-21(14,2)20(16)18(26)11-22(17,23)3;1-2-3-7-15-8-9-16-12(14)11-5-4-6-13-10-11;12-10(13)11(18)14-8(5-16)9(17)6-1-3-7(4-2-6)15(19)20;5-3(10)6-1-2(9)8-4(11)7-1;/h10,16-18,20,26,28H,4-9,11-12H2,1-3H3;4-6,10H,2-3,7-9H2,1H3;1-4,8-10,16-17H,5H2,(H,14,18);1H,(H3,5,6,10)(H2,7,8,9,11);1H2/t16-,17-,18-,20?,21-,22-,23-;;8-,9-;;/m0.1../s1. The SMILES string of the molecule is CC(=O)OCC(=O)[C@@]1(O)CC[C@H]2[C@@H]3CCC4=CC(=O)CC[C@]4(C)C3[C@@H](O)C[C@@]21C.CCCCOCCOC(=O)c1cccnc1.NC(=O)NC1NC(=O)NC1=O.O=C(N[C@H](CO)[C@H](O)c1ccc([N+](=O)[O-])cc1)C(Cl)Cl.S. The van der Waals surface area contributed by atoms with Gasteiger partial charge in [-0.05, 0) is 104 Å². The number of ketones is 2. The van der Waals surface area contributed by atoms with Crippen molar-refractivity contribution in [3.8, 4) is 0 Å². The molecule has 4 fully saturated rings. The number of allylic oxidation sites excluding steroid dienone is 1. The number of esters is 2. The number of nitrogens with two attached hydrogens (primary N) is 1. The number of amides is 6. The molecule has 77 heavy (non-hydrogen) atoms. The van der Waals surface area contributed by atoms with Gasteiger partial charge in [0.05, 0.1) is 35.8 Å². The number of hydrogen-bond acceptors (Lipinski definition) is 18. The summed E-state index contributed by atoms with van der Waals surface area (Å²) in [5.41, 5.74) is 3.98. The van der Waals surface area contributed by atoms with Gasteiger partial charge in [0.25, 0.3) is 17.5 Å². The molecule has 2 aromatic rings. The van der Waals surface area contributed by atoms with Gasteiger partial charge in [-0.2, -0.15) is 13.5 Å². The lowest BCUT2D eigenvalue weighted by Crippen LogP contribution is -2.62. The van der Waals surface area contributed by atoms with E-state index in [1.165, 1.54) is 37.4 Å². The number of nitro benzene ring substituents is 1. The van der Waals surface area contributed by atoms with Crippen molar-refractivity contribution < 1.29 is 77.9 Å². The smallest absolute Gasteiger partial charge is 0.339 e. The van der Waals surface area contributed by atoms with Gasteiger partial charge in [-0.25, -0.2) is 14.4 Å². The van der Waals surface area contributed by atoms with Crippen molar-refractivity contribution in [2.75, 3.05) is 33.0 Å². The van der Waals surface area contributed by atoms with Crippen molar-refractivity contribution in [3.05, 3.63) is 81.7 Å². The molecule has 6 amide bonds. The summed E-state index contributed by atoms with van der Waals surface area (Å²) in [6, 6.07) is 5.92. The lowest BCUT2D eigenvalue weighted by molar-refractivity contribution is -0.384. The maximum Gasteiger partial charge on any atom is 0.339 e. The zero-order valence-electron chi connectivity index (χ0n) is 43.0. The molecule has 2 heterocycles. The number of primary amides is 1. The zero-order valence-corrected chi connectivity index (χ0v) is 45.6. The van der Waals surface area contributed by atoms with E-state index in [1.54, 1.807) is 24.4 Å². The number of imide groups is 1. The largest absolute Gasteiger partial charge is 0.460 e. The minimum Gasteiger partial charge on any atom is -0.460 e. The first-order chi connectivity index (χ1) is 35.8. The summed E-state index contributed by atoms with van der Waals surface area (Å²) in [6.45, 7) is 7.94. The number of aliphatic hydroxyl groups is 4. The predicted octanol–water partition coefficient (Wildman–Crippen LogP) is 3.25. The summed E-state index contributed by atoms with van der Waals surface area (Å²) in [6.07, 6.45) is 8.49. The number of pyridine rings is 1. The predicted molar refractivity (Wildman–Crippen MR) is 281 cm³/mol. The number of urea groups is 2. The van der Waals surface area contributed by atoms with E-state index in [0.29, 0.717) is 37.0 Å². The Labute approximate surface area is 461 Å². The molecule has 5 aliphatic rings. The number of rotatable bonds is 17. The number of unbranched alkanes of at least 4 members (excludes halogenated alkanes) is 1. The van der Waals surface area contributed by atoms with Crippen molar-refractivity contribution in [2.24, 2.45) is 34.3 Å². The number of nitrogens with one attached hydrogen (secondary N) is 4. The van der Waals surface area contributed by atoms with Gasteiger partial charge < -0.3 is 56.3 Å². The Morgan fingerprint density at radius 1 is 1.01 bits per heavy atom. The average Bonchev–Trinajstić information content (AvgIpc) is 3.84. The van der Waals surface area contributed by atoms with Crippen LogP contribution >= 0.6 is 36.7 Å². The summed E-state index contributed by atoms with van der Waals surface area (Å²) in [5.74, 6) is -2.19. The maximum absolute atomic E-state index is 12.9. The number of nitrogens with zero attached hydrogens (tertiary/aromatic N) is 2. The Bertz CT molecular complexity index is 2440. The highest BCUT2D eigenvalue weighted by atomic mass is 35.5. The monoisotopic (exact) mass is 1140 g/mol. The number of ether oxygens (including phenoxy) is 3. The van der Waals surface area contributed by atoms with Crippen LogP contribution in [0.25, 0.3) is 0 Å². The van der Waals surface area contributed by atoms with Crippen LogP contribution in [0.5, 0.6) is 0 Å². The second-order valence-electron chi connectivity index (χ2n) is 19.3. The van der Waals surface area contributed by atoms with Gasteiger partial charge in [-0.1, -0.05) is 56.0 Å². The summed E-state index contributed by atoms with van der Waals surface area (Å²) in [5, 5.41) is 60.8. The highest BCUT2D eigenvalue weighted by Crippen LogP contribution is 2.67. The molecule has 426 valence electrons. The first-order valence-corrected chi connectivity index (χ1v) is 25.5. The third-order valence-electron chi connectivity index (χ3n) is 14.5. The molecule has 27 heteroatoms. The minimum absolute atomic E-state index is 0. The van der Waals surface area contributed by atoms with Crippen molar-refractivity contribution in [2.45, 2.75) is 120 Å². The van der Waals surface area contributed by atoms with Crippen LogP contribution in [0, 0.1) is 38.7 Å². The van der Waals surface area contributed by atoms with Crippen LogP contribution in [0.4, 0.5) is 15.3 Å². The van der Waals surface area contributed by atoms with E-state index in [1.807, 2.05) is 17.6 Å². The molecule has 24 nitrogen and oxygen atoms in total. The van der Waals surface area contributed by atoms with Gasteiger partial charge in [0, 0.05) is 49.9 Å². The molecule has 3 saturated carbocycles. The molecular formula is C50H69Cl2N7O17S. The summed E-state index contributed by atoms with van der Waals surface area (Å²) in [4.78, 5) is 102. The number of carbonyl (C=O) groups is 8. The molecule has 0 spiro atoms. The van der Waals surface area contributed by atoms with Crippen molar-refractivity contribution >= 4 is 89.8 Å². The van der Waals surface area contributed by atoms with Gasteiger partial charge in [0.15, 0.2) is 23.4 Å². The summed E-state index contributed by atoms with van der Waals surface area (Å²) >= 11 is 10.7. The number of non-ortho nitro benzene ring substituents is 1. The number of benzene rings is 1. The Hall–Kier alpha value is -5.80. The third kappa shape index (κ3) is 17.1. The first kappa shape index (κ1) is 65.5. The average molecular weight is 1140 g/mol. The van der Waals surface area contributed by atoms with Crippen LogP contribution in [0.1, 0.15) is 108 Å². The Morgan fingerprint density at radius 2 is 1.70 bits per heavy atom. The first-order valence-electron chi connectivity index (χ1n) is 24.6. The maximum atomic E-state index is 12.9. The molecule has 1 aromatic carbocycles. The summed E-state index contributed by atoms with van der Waals surface area (Å²) in [7, 11) is 0. The van der Waals surface area contributed by atoms with Crippen molar-refractivity contribution in [3.63, 3.8) is 0 Å². The van der Waals surface area contributed by atoms with Crippen molar-refractivity contribution in [1.29, 1.82) is 0 Å². The van der Waals surface area contributed by atoms with Gasteiger partial charge in [0.1, 0.15) is 18.3 Å². The Morgan fingerprint density at radius 3 is 2.26 bits per heavy atom. The fourth-order valence-electron chi connectivity index (χ4n) is 10.7. The Balaban J connectivity index is 0.000000286. The van der Waals surface area contributed by atoms with E-state index in [2.05, 4.69) is 29.5 Å². The molecule has 1 saturated heterocycles. The fourth-order valence-corrected chi connectivity index (χ4v) is 10.8. The lowest BCUT2D eigenvalue weighted by Gasteiger charge is -2.60. The molecule has 0 bridgehead atoms. The van der Waals surface area contributed by atoms with Crippen LogP contribution in [-0.2, 0) is 38.2 Å². The molecule has 1 aliphatic heterocycles. The number of nitro groups is 1. The number of hydrogen-bond donors (Lipinski definition) is 9. The third-order valence-corrected chi connectivity index (χ3v) is 14.9. The number of alkyl halides is 2. The Kier molecular flexibility index (Phi) is 25.3. The number of aromatic nitrogens is 1. The van der Waals surface area contributed by atoms with Gasteiger partial charge in [0.2, 0.25) is 5.78 Å². The number of fused-ring (bicyclic) bond motifs is 5. The second-order valence-corrected chi connectivity index (χ2v) is 20.4.